The van der Waals surface area contributed by atoms with Gasteiger partial charge < -0.3 is 0 Å². The SMILES string of the molecule is C#C[C@@H]1CCC2C3CCC4=CCCCC4C3CCC2(C)C1N=O. The molecule has 4 aliphatic carbocycles. The second kappa shape index (κ2) is 5.76. The van der Waals surface area contributed by atoms with Gasteiger partial charge in [-0.1, -0.05) is 23.7 Å². The molecule has 0 saturated heterocycles. The second-order valence-electron chi connectivity index (χ2n) is 8.73. The third-order valence-electron chi connectivity index (χ3n) is 7.99. The zero-order valence-corrected chi connectivity index (χ0v) is 14.3. The van der Waals surface area contributed by atoms with Gasteiger partial charge in [-0.3, -0.25) is 0 Å². The number of hydrogen-bond donors (Lipinski definition) is 0. The van der Waals surface area contributed by atoms with Crippen LogP contribution in [0.3, 0.4) is 0 Å². The van der Waals surface area contributed by atoms with Gasteiger partial charge in [0.05, 0.1) is 0 Å². The molecule has 0 aromatic heterocycles. The first kappa shape index (κ1) is 15.4. The quantitative estimate of drug-likeness (QED) is 0.365. The topological polar surface area (TPSA) is 29.4 Å². The van der Waals surface area contributed by atoms with E-state index in [4.69, 9.17) is 6.42 Å². The summed E-state index contributed by atoms with van der Waals surface area (Å²) in [5.41, 5.74) is 1.82. The van der Waals surface area contributed by atoms with Gasteiger partial charge in [-0.2, -0.15) is 4.91 Å². The average Bonchev–Trinajstić information content (AvgIpc) is 2.59. The van der Waals surface area contributed by atoms with Crippen molar-refractivity contribution in [2.45, 2.75) is 70.8 Å². The van der Waals surface area contributed by atoms with Crippen LogP contribution in [0.25, 0.3) is 0 Å². The third-order valence-corrected chi connectivity index (χ3v) is 7.99. The van der Waals surface area contributed by atoms with Gasteiger partial charge in [0.15, 0.2) is 0 Å². The predicted octanol–water partition coefficient (Wildman–Crippen LogP) is 5.33. The van der Waals surface area contributed by atoms with Gasteiger partial charge in [-0.05, 0) is 86.9 Å². The van der Waals surface area contributed by atoms with E-state index in [1.54, 1.807) is 5.57 Å². The molecule has 2 heteroatoms. The summed E-state index contributed by atoms with van der Waals surface area (Å²) >= 11 is 0. The molecule has 0 aliphatic heterocycles. The molecule has 3 saturated carbocycles. The lowest BCUT2D eigenvalue weighted by molar-refractivity contribution is -0.0675. The van der Waals surface area contributed by atoms with E-state index in [1.807, 2.05) is 0 Å². The van der Waals surface area contributed by atoms with Crippen LogP contribution in [0.15, 0.2) is 16.8 Å². The van der Waals surface area contributed by atoms with E-state index in [1.165, 1.54) is 44.9 Å². The van der Waals surface area contributed by atoms with E-state index >= 15 is 0 Å². The standard InChI is InChI=1S/C21H29NO/c1-3-14-9-11-19-18-10-8-15-6-4-5-7-16(15)17(18)12-13-21(19,2)20(14)22-23/h1,6,14,16-20H,4-5,7-13H2,2H3/t14-,16?,17?,18?,19?,20?,21?/m1/s1. The number of fused-ring (bicyclic) bond motifs is 5. The number of allylic oxidation sites excluding steroid dienone is 2. The summed E-state index contributed by atoms with van der Waals surface area (Å²) in [7, 11) is 0. The summed E-state index contributed by atoms with van der Waals surface area (Å²) in [6.45, 7) is 2.33. The highest BCUT2D eigenvalue weighted by atomic mass is 16.3. The number of hydrogen-bond acceptors (Lipinski definition) is 2. The van der Waals surface area contributed by atoms with E-state index in [9.17, 15) is 4.91 Å². The first-order valence-corrected chi connectivity index (χ1v) is 9.66. The minimum absolute atomic E-state index is 0.0497. The van der Waals surface area contributed by atoms with Crippen molar-refractivity contribution < 1.29 is 0 Å². The van der Waals surface area contributed by atoms with Crippen LogP contribution in [0, 0.1) is 52.3 Å². The monoisotopic (exact) mass is 311 g/mol. The molecule has 0 aromatic rings. The lowest BCUT2D eigenvalue weighted by Crippen LogP contribution is -2.54. The molecular formula is C21H29NO. The molecule has 23 heavy (non-hydrogen) atoms. The van der Waals surface area contributed by atoms with Gasteiger partial charge in [-0.15, -0.1) is 12.3 Å². The normalized spacial score (nSPS) is 49.0. The molecule has 3 fully saturated rings. The molecule has 7 atom stereocenters. The van der Waals surface area contributed by atoms with Crippen molar-refractivity contribution in [3.63, 3.8) is 0 Å². The zero-order valence-electron chi connectivity index (χ0n) is 14.3. The maximum absolute atomic E-state index is 11.6. The summed E-state index contributed by atoms with van der Waals surface area (Å²) in [5, 5.41) is 3.57. The largest absolute Gasteiger partial charge is 0.150 e. The number of nitroso groups, excluding NO2 is 1. The Balaban J connectivity index is 1.64. The molecule has 0 radical (unpaired) electrons. The molecule has 124 valence electrons. The molecule has 4 aliphatic rings. The molecule has 0 aromatic carbocycles. The number of rotatable bonds is 1. The van der Waals surface area contributed by atoms with Crippen molar-refractivity contribution in [2.75, 3.05) is 0 Å². The minimum atomic E-state index is -0.157. The number of nitrogens with zero attached hydrogens (tertiary/aromatic N) is 1. The Labute approximate surface area is 140 Å². The lowest BCUT2D eigenvalue weighted by Gasteiger charge is -2.58. The fourth-order valence-corrected chi connectivity index (χ4v) is 6.91. The van der Waals surface area contributed by atoms with Crippen molar-refractivity contribution in [3.8, 4) is 12.3 Å². The first-order valence-electron chi connectivity index (χ1n) is 9.66. The van der Waals surface area contributed by atoms with Crippen molar-refractivity contribution in [2.24, 2.45) is 40.2 Å². The molecule has 2 nitrogen and oxygen atoms in total. The Bertz CT molecular complexity index is 559. The van der Waals surface area contributed by atoms with E-state index in [0.29, 0.717) is 5.92 Å². The average molecular weight is 311 g/mol. The fraction of sp³-hybridized carbons (Fsp3) is 0.810. The Morgan fingerprint density at radius 1 is 1.22 bits per heavy atom. The van der Waals surface area contributed by atoms with Crippen molar-refractivity contribution in [1.82, 2.24) is 0 Å². The lowest BCUT2D eigenvalue weighted by atomic mass is 9.46. The number of terminal acetylenes is 1. The maximum Gasteiger partial charge on any atom is 0.111 e. The highest BCUT2D eigenvalue weighted by molar-refractivity contribution is 5.19. The third kappa shape index (κ3) is 2.23. The van der Waals surface area contributed by atoms with Gasteiger partial charge in [0.1, 0.15) is 6.04 Å². The fourth-order valence-electron chi connectivity index (χ4n) is 6.91. The molecule has 0 bridgehead atoms. The molecular weight excluding hydrogens is 282 g/mol. The van der Waals surface area contributed by atoms with Gasteiger partial charge in [0.25, 0.3) is 0 Å². The van der Waals surface area contributed by atoms with Crippen molar-refractivity contribution in [3.05, 3.63) is 16.6 Å². The predicted molar refractivity (Wildman–Crippen MR) is 93.6 cm³/mol. The van der Waals surface area contributed by atoms with Gasteiger partial charge >= 0.3 is 0 Å². The summed E-state index contributed by atoms with van der Waals surface area (Å²) in [6.07, 6.45) is 19.6. The van der Waals surface area contributed by atoms with Gasteiger partial charge in [0, 0.05) is 5.92 Å². The molecule has 0 spiro atoms. The molecule has 0 amide bonds. The minimum Gasteiger partial charge on any atom is -0.150 e. The molecule has 0 heterocycles. The zero-order chi connectivity index (χ0) is 16.0. The Kier molecular flexibility index (Phi) is 3.87. The second-order valence-corrected chi connectivity index (χ2v) is 8.73. The van der Waals surface area contributed by atoms with Crippen molar-refractivity contribution >= 4 is 0 Å². The van der Waals surface area contributed by atoms with Crippen LogP contribution >= 0.6 is 0 Å². The van der Waals surface area contributed by atoms with Gasteiger partial charge in [0.2, 0.25) is 0 Å². The Morgan fingerprint density at radius 3 is 2.87 bits per heavy atom. The van der Waals surface area contributed by atoms with E-state index in [0.717, 1.165) is 30.6 Å². The van der Waals surface area contributed by atoms with Crippen LogP contribution in [0.5, 0.6) is 0 Å². The Hall–Kier alpha value is -1.10. The van der Waals surface area contributed by atoms with E-state index < -0.39 is 0 Å². The highest BCUT2D eigenvalue weighted by Gasteiger charge is 2.57. The maximum atomic E-state index is 11.6. The Morgan fingerprint density at radius 2 is 2.09 bits per heavy atom. The first-order chi connectivity index (χ1) is 11.2. The van der Waals surface area contributed by atoms with E-state index in [-0.39, 0.29) is 17.4 Å². The van der Waals surface area contributed by atoms with Crippen LogP contribution in [0.4, 0.5) is 0 Å². The van der Waals surface area contributed by atoms with Crippen LogP contribution in [0.2, 0.25) is 0 Å². The molecule has 4 rings (SSSR count). The van der Waals surface area contributed by atoms with Crippen molar-refractivity contribution in [1.29, 1.82) is 0 Å². The van der Waals surface area contributed by atoms with Crippen LogP contribution in [0.1, 0.15) is 64.7 Å². The summed E-state index contributed by atoms with van der Waals surface area (Å²) in [6, 6.07) is -0.157. The van der Waals surface area contributed by atoms with E-state index in [2.05, 4.69) is 24.1 Å². The van der Waals surface area contributed by atoms with Gasteiger partial charge in [-0.25, -0.2) is 0 Å². The van der Waals surface area contributed by atoms with Crippen LogP contribution in [-0.4, -0.2) is 6.04 Å². The molecule has 6 unspecified atom stereocenters. The van der Waals surface area contributed by atoms with Crippen LogP contribution < -0.4 is 0 Å². The summed E-state index contributed by atoms with van der Waals surface area (Å²) in [4.78, 5) is 11.6. The summed E-state index contributed by atoms with van der Waals surface area (Å²) in [5.74, 6) is 6.12. The molecule has 0 N–H and O–H groups in total. The smallest absolute Gasteiger partial charge is 0.111 e. The highest BCUT2D eigenvalue weighted by Crippen LogP contribution is 2.61. The summed E-state index contributed by atoms with van der Waals surface area (Å²) < 4.78 is 0. The van der Waals surface area contributed by atoms with Crippen LogP contribution in [-0.2, 0) is 0 Å².